The molecular weight excluding hydrogens is 398 g/mol. The number of amides is 2. The average Bonchev–Trinajstić information content (AvgIpc) is 3.09. The third-order valence-electron chi connectivity index (χ3n) is 7.79. The number of aryl methyl sites for hydroxylation is 1. The van der Waals surface area contributed by atoms with E-state index in [0.717, 1.165) is 27.8 Å². The van der Waals surface area contributed by atoms with Crippen molar-refractivity contribution in [3.8, 4) is 0 Å². The monoisotopic (exact) mass is 421 g/mol. The Labute approximate surface area is 186 Å². The summed E-state index contributed by atoms with van der Waals surface area (Å²) in [5.41, 5.74) is 4.20. The molecular formula is C28H23NO3. The Morgan fingerprint density at radius 3 is 2.00 bits per heavy atom. The lowest BCUT2D eigenvalue weighted by Gasteiger charge is -2.52. The van der Waals surface area contributed by atoms with E-state index in [1.807, 2.05) is 79.7 Å². The van der Waals surface area contributed by atoms with Crippen LogP contribution >= 0.6 is 0 Å². The van der Waals surface area contributed by atoms with Gasteiger partial charge in [0.1, 0.15) is 5.78 Å². The van der Waals surface area contributed by atoms with Crippen LogP contribution in [-0.4, -0.2) is 17.6 Å². The summed E-state index contributed by atoms with van der Waals surface area (Å²) in [6.45, 7) is 3.58. The van der Waals surface area contributed by atoms with Crippen LogP contribution in [0.1, 0.15) is 47.6 Å². The highest BCUT2D eigenvalue weighted by atomic mass is 16.2. The summed E-state index contributed by atoms with van der Waals surface area (Å²) >= 11 is 0. The predicted molar refractivity (Wildman–Crippen MR) is 121 cm³/mol. The third kappa shape index (κ3) is 2.05. The van der Waals surface area contributed by atoms with Crippen LogP contribution in [0.4, 0.5) is 5.69 Å². The van der Waals surface area contributed by atoms with Crippen molar-refractivity contribution in [2.45, 2.75) is 31.6 Å². The van der Waals surface area contributed by atoms with E-state index in [1.54, 1.807) is 6.92 Å². The lowest BCUT2D eigenvalue weighted by molar-refractivity contribution is -0.132. The first-order chi connectivity index (χ1) is 15.5. The molecule has 4 nitrogen and oxygen atoms in total. The Bertz CT molecular complexity index is 1280. The molecule has 4 heteroatoms. The molecule has 0 saturated carbocycles. The van der Waals surface area contributed by atoms with Gasteiger partial charge in [0.25, 0.3) is 0 Å². The number of hydrogen-bond acceptors (Lipinski definition) is 3. The molecule has 1 saturated heterocycles. The van der Waals surface area contributed by atoms with Crippen molar-refractivity contribution in [3.63, 3.8) is 0 Å². The minimum Gasteiger partial charge on any atom is -0.299 e. The highest BCUT2D eigenvalue weighted by Gasteiger charge is 2.70. The highest BCUT2D eigenvalue weighted by molar-refractivity contribution is 6.25. The van der Waals surface area contributed by atoms with Crippen molar-refractivity contribution in [3.05, 3.63) is 101 Å². The van der Waals surface area contributed by atoms with Crippen molar-refractivity contribution in [2.75, 3.05) is 4.90 Å². The molecule has 0 spiro atoms. The fourth-order valence-corrected chi connectivity index (χ4v) is 6.64. The summed E-state index contributed by atoms with van der Waals surface area (Å²) in [7, 11) is 0. The molecule has 32 heavy (non-hydrogen) atoms. The van der Waals surface area contributed by atoms with Crippen LogP contribution in [0.2, 0.25) is 0 Å². The second kappa shape index (κ2) is 6.49. The molecule has 1 fully saturated rings. The SMILES string of the molecule is CCc1ccccc1N1C(=O)[C@@H]2C3c4ccccc4C(C(C)=O)(c4ccccc43)[C@@H]2C1=O. The number of anilines is 1. The molecule has 0 N–H and O–H groups in total. The minimum atomic E-state index is -1.14. The van der Waals surface area contributed by atoms with E-state index in [1.165, 1.54) is 4.90 Å². The number of rotatable bonds is 3. The van der Waals surface area contributed by atoms with Gasteiger partial charge in [-0.3, -0.25) is 14.4 Å². The fourth-order valence-electron chi connectivity index (χ4n) is 6.64. The molecule has 2 amide bonds. The standard InChI is InChI=1S/C28H23NO3/c1-3-17-10-4-9-15-22(17)29-26(31)24-23-18-11-5-7-13-20(18)28(16(2)30,25(24)27(29)32)21-14-8-6-12-19(21)23/h4-15,23-25H,3H2,1-2H3/t23?,24-,25+,28?/m1/s1. The third-order valence-corrected chi connectivity index (χ3v) is 7.79. The van der Waals surface area contributed by atoms with Gasteiger partial charge in [-0.2, -0.15) is 0 Å². The van der Waals surface area contributed by atoms with E-state index < -0.39 is 17.3 Å². The molecule has 1 heterocycles. The van der Waals surface area contributed by atoms with Crippen molar-refractivity contribution in [1.29, 1.82) is 0 Å². The minimum absolute atomic E-state index is 0.0858. The Balaban J connectivity index is 1.67. The number of benzene rings is 3. The van der Waals surface area contributed by atoms with Crippen molar-refractivity contribution in [1.82, 2.24) is 0 Å². The molecule has 0 radical (unpaired) electrons. The molecule has 1 aliphatic heterocycles. The van der Waals surface area contributed by atoms with E-state index in [9.17, 15) is 14.4 Å². The van der Waals surface area contributed by atoms with E-state index >= 15 is 0 Å². The van der Waals surface area contributed by atoms with E-state index in [4.69, 9.17) is 0 Å². The Morgan fingerprint density at radius 2 is 1.41 bits per heavy atom. The number of nitrogens with zero attached hydrogens (tertiary/aromatic N) is 1. The van der Waals surface area contributed by atoms with Crippen LogP contribution in [0.15, 0.2) is 72.8 Å². The average molecular weight is 421 g/mol. The van der Waals surface area contributed by atoms with Crippen molar-refractivity contribution in [2.24, 2.45) is 11.8 Å². The molecule has 3 aromatic carbocycles. The molecule has 158 valence electrons. The summed E-state index contributed by atoms with van der Waals surface area (Å²) in [5, 5.41) is 0. The molecule has 4 aliphatic rings. The smallest absolute Gasteiger partial charge is 0.239 e. The Kier molecular flexibility index (Phi) is 3.89. The van der Waals surface area contributed by atoms with Crippen LogP contribution in [0.25, 0.3) is 0 Å². The van der Waals surface area contributed by atoms with Crippen LogP contribution in [0.3, 0.4) is 0 Å². The van der Waals surface area contributed by atoms with Crippen molar-refractivity contribution < 1.29 is 14.4 Å². The van der Waals surface area contributed by atoms with Crippen LogP contribution < -0.4 is 4.90 Å². The number of Topliss-reactive ketones (excluding diaryl/α,β-unsaturated/α-hetero) is 1. The zero-order valence-corrected chi connectivity index (χ0v) is 18.0. The van der Waals surface area contributed by atoms with Gasteiger partial charge in [-0.25, -0.2) is 4.90 Å². The number of ketones is 1. The van der Waals surface area contributed by atoms with Crippen LogP contribution in [0, 0.1) is 11.8 Å². The number of hydrogen-bond donors (Lipinski definition) is 0. The largest absolute Gasteiger partial charge is 0.299 e. The molecule has 0 unspecified atom stereocenters. The Morgan fingerprint density at radius 1 is 0.844 bits per heavy atom. The maximum absolute atomic E-state index is 14.1. The summed E-state index contributed by atoms with van der Waals surface area (Å²) in [6.07, 6.45) is 0.713. The zero-order valence-electron chi connectivity index (χ0n) is 18.0. The molecule has 3 aliphatic carbocycles. The lowest BCUT2D eigenvalue weighted by atomic mass is 9.46. The van der Waals surface area contributed by atoms with E-state index in [-0.39, 0.29) is 23.5 Å². The summed E-state index contributed by atoms with van der Waals surface area (Å²) < 4.78 is 0. The molecule has 2 atom stereocenters. The fraction of sp³-hybridized carbons (Fsp3) is 0.250. The van der Waals surface area contributed by atoms with Gasteiger partial charge in [0.2, 0.25) is 11.8 Å². The van der Waals surface area contributed by atoms with E-state index in [0.29, 0.717) is 12.1 Å². The lowest BCUT2D eigenvalue weighted by Crippen LogP contribution is -2.57. The van der Waals surface area contributed by atoms with Gasteiger partial charge >= 0.3 is 0 Å². The van der Waals surface area contributed by atoms with Gasteiger partial charge in [-0.1, -0.05) is 73.7 Å². The van der Waals surface area contributed by atoms with Gasteiger partial charge in [0, 0.05) is 5.92 Å². The van der Waals surface area contributed by atoms with Crippen LogP contribution in [0.5, 0.6) is 0 Å². The second-order valence-corrected chi connectivity index (χ2v) is 9.01. The maximum Gasteiger partial charge on any atom is 0.239 e. The number of para-hydroxylation sites is 1. The first-order valence-corrected chi connectivity index (χ1v) is 11.2. The molecule has 2 bridgehead atoms. The Hall–Kier alpha value is -3.53. The predicted octanol–water partition coefficient (Wildman–Crippen LogP) is 4.39. The van der Waals surface area contributed by atoms with E-state index in [2.05, 4.69) is 0 Å². The molecule has 7 rings (SSSR count). The van der Waals surface area contributed by atoms with Gasteiger partial charge in [0.15, 0.2) is 0 Å². The highest BCUT2D eigenvalue weighted by Crippen LogP contribution is 2.64. The number of carbonyl (C=O) groups is 3. The second-order valence-electron chi connectivity index (χ2n) is 9.01. The first-order valence-electron chi connectivity index (χ1n) is 11.2. The quantitative estimate of drug-likeness (QED) is 0.590. The van der Waals surface area contributed by atoms with Gasteiger partial charge in [0.05, 0.1) is 22.9 Å². The summed E-state index contributed by atoms with van der Waals surface area (Å²) in [6, 6.07) is 23.3. The van der Waals surface area contributed by atoms with Gasteiger partial charge in [-0.15, -0.1) is 0 Å². The number of imide groups is 1. The molecule has 0 aromatic heterocycles. The van der Waals surface area contributed by atoms with Gasteiger partial charge < -0.3 is 0 Å². The van der Waals surface area contributed by atoms with Crippen molar-refractivity contribution >= 4 is 23.3 Å². The number of carbonyl (C=O) groups excluding carboxylic acids is 3. The first kappa shape index (κ1) is 19.2. The maximum atomic E-state index is 14.1. The van der Waals surface area contributed by atoms with Gasteiger partial charge in [-0.05, 0) is 47.2 Å². The van der Waals surface area contributed by atoms with Crippen LogP contribution in [-0.2, 0) is 26.2 Å². The zero-order chi connectivity index (χ0) is 22.2. The topological polar surface area (TPSA) is 54.5 Å². The summed E-state index contributed by atoms with van der Waals surface area (Å²) in [4.78, 5) is 43.0. The normalized spacial score (nSPS) is 27.2. The molecule has 3 aromatic rings. The summed E-state index contributed by atoms with van der Waals surface area (Å²) in [5.74, 6) is -2.08.